The Kier molecular flexibility index (Phi) is 3.75. The lowest BCUT2D eigenvalue weighted by Gasteiger charge is -2.15. The van der Waals surface area contributed by atoms with Crippen LogP contribution >= 0.6 is 11.5 Å². The molecule has 0 aromatic carbocycles. The van der Waals surface area contributed by atoms with Gasteiger partial charge in [0.2, 0.25) is 0 Å². The highest BCUT2D eigenvalue weighted by Gasteiger charge is 2.22. The van der Waals surface area contributed by atoms with Crippen LogP contribution in [0.4, 0.5) is 0 Å². The van der Waals surface area contributed by atoms with E-state index >= 15 is 0 Å². The Labute approximate surface area is 104 Å². The molecule has 1 N–H and O–H groups in total. The number of hydrogen-bond acceptors (Lipinski definition) is 6. The first-order valence-electron chi connectivity index (χ1n) is 5.49. The van der Waals surface area contributed by atoms with Gasteiger partial charge in [0.05, 0.1) is 28.5 Å². The van der Waals surface area contributed by atoms with Gasteiger partial charge in [-0.25, -0.2) is 0 Å². The average Bonchev–Trinajstić information content (AvgIpc) is 2.81. The topological polar surface area (TPSA) is 63.6 Å². The molecule has 90 valence electrons. The van der Waals surface area contributed by atoms with Gasteiger partial charge in [0, 0.05) is 12.4 Å². The van der Waals surface area contributed by atoms with Gasteiger partial charge in [-0.05, 0) is 24.5 Å². The summed E-state index contributed by atoms with van der Waals surface area (Å²) in [6, 6.07) is 0.0149. The van der Waals surface area contributed by atoms with Gasteiger partial charge in [-0.2, -0.15) is 0 Å². The number of aromatic nitrogens is 4. The SMILES string of the molecule is CNC(c1cnccn1)c1snnc1C(C)C. The van der Waals surface area contributed by atoms with E-state index in [4.69, 9.17) is 0 Å². The van der Waals surface area contributed by atoms with Crippen LogP contribution in [-0.4, -0.2) is 26.6 Å². The molecule has 0 aliphatic rings. The molecule has 1 atom stereocenters. The highest BCUT2D eigenvalue weighted by atomic mass is 32.1. The highest BCUT2D eigenvalue weighted by molar-refractivity contribution is 7.05. The number of hydrogen-bond donors (Lipinski definition) is 1. The highest BCUT2D eigenvalue weighted by Crippen LogP contribution is 2.29. The van der Waals surface area contributed by atoms with Gasteiger partial charge >= 0.3 is 0 Å². The van der Waals surface area contributed by atoms with Gasteiger partial charge in [-0.3, -0.25) is 9.97 Å². The van der Waals surface area contributed by atoms with E-state index in [1.165, 1.54) is 11.5 Å². The summed E-state index contributed by atoms with van der Waals surface area (Å²) >= 11 is 1.41. The van der Waals surface area contributed by atoms with E-state index in [9.17, 15) is 0 Å². The monoisotopic (exact) mass is 249 g/mol. The fourth-order valence-electron chi connectivity index (χ4n) is 1.68. The van der Waals surface area contributed by atoms with Crippen molar-refractivity contribution >= 4 is 11.5 Å². The second kappa shape index (κ2) is 5.29. The maximum Gasteiger partial charge on any atom is 0.0893 e. The van der Waals surface area contributed by atoms with Gasteiger partial charge in [-0.1, -0.05) is 18.3 Å². The lowest BCUT2D eigenvalue weighted by molar-refractivity contribution is 0.658. The summed E-state index contributed by atoms with van der Waals surface area (Å²) in [7, 11) is 1.91. The van der Waals surface area contributed by atoms with Gasteiger partial charge in [0.15, 0.2) is 0 Å². The van der Waals surface area contributed by atoms with Crippen LogP contribution in [0, 0.1) is 0 Å². The third-order valence-electron chi connectivity index (χ3n) is 2.52. The van der Waals surface area contributed by atoms with Crippen molar-refractivity contribution in [1.29, 1.82) is 0 Å². The minimum Gasteiger partial charge on any atom is -0.307 e. The second-order valence-corrected chi connectivity index (χ2v) is 4.81. The van der Waals surface area contributed by atoms with Crippen LogP contribution in [0.2, 0.25) is 0 Å². The molecule has 17 heavy (non-hydrogen) atoms. The van der Waals surface area contributed by atoms with E-state index in [1.807, 2.05) is 7.05 Å². The summed E-state index contributed by atoms with van der Waals surface area (Å²) in [5, 5.41) is 7.43. The van der Waals surface area contributed by atoms with Gasteiger partial charge in [-0.15, -0.1) is 5.10 Å². The zero-order valence-corrected chi connectivity index (χ0v) is 10.9. The van der Waals surface area contributed by atoms with Crippen molar-refractivity contribution in [3.63, 3.8) is 0 Å². The minimum atomic E-state index is 0.0149. The van der Waals surface area contributed by atoms with Crippen LogP contribution in [0.15, 0.2) is 18.6 Å². The molecule has 0 radical (unpaired) electrons. The number of nitrogens with zero attached hydrogens (tertiary/aromatic N) is 4. The van der Waals surface area contributed by atoms with Crippen LogP contribution < -0.4 is 5.32 Å². The summed E-state index contributed by atoms with van der Waals surface area (Å²) < 4.78 is 4.04. The van der Waals surface area contributed by atoms with Crippen molar-refractivity contribution in [2.75, 3.05) is 7.05 Å². The summed E-state index contributed by atoms with van der Waals surface area (Å²) in [4.78, 5) is 9.55. The molecule has 5 nitrogen and oxygen atoms in total. The first kappa shape index (κ1) is 12.1. The normalized spacial score (nSPS) is 12.9. The Balaban J connectivity index is 2.39. The number of rotatable bonds is 4. The molecule has 0 amide bonds. The van der Waals surface area contributed by atoms with Gasteiger partial charge < -0.3 is 5.32 Å². The van der Waals surface area contributed by atoms with Gasteiger partial charge in [0.1, 0.15) is 0 Å². The van der Waals surface area contributed by atoms with Crippen molar-refractivity contribution < 1.29 is 0 Å². The third kappa shape index (κ3) is 2.48. The molecule has 2 aromatic rings. The molecule has 0 spiro atoms. The largest absolute Gasteiger partial charge is 0.307 e. The minimum absolute atomic E-state index is 0.0149. The predicted molar refractivity (Wildman–Crippen MR) is 66.9 cm³/mol. The quantitative estimate of drug-likeness (QED) is 0.894. The lowest BCUT2D eigenvalue weighted by atomic mass is 10.0. The number of nitrogens with one attached hydrogen (secondary N) is 1. The summed E-state index contributed by atoms with van der Waals surface area (Å²) in [6.07, 6.45) is 5.14. The molecule has 6 heteroatoms. The fraction of sp³-hybridized carbons (Fsp3) is 0.455. The van der Waals surface area contributed by atoms with Crippen molar-refractivity contribution in [3.05, 3.63) is 34.9 Å². The first-order chi connectivity index (χ1) is 8.24. The smallest absolute Gasteiger partial charge is 0.0893 e. The van der Waals surface area contributed by atoms with Crippen LogP contribution in [0.3, 0.4) is 0 Å². The Bertz CT molecular complexity index is 468. The van der Waals surface area contributed by atoms with Crippen molar-refractivity contribution in [3.8, 4) is 0 Å². The lowest BCUT2D eigenvalue weighted by Crippen LogP contribution is -2.19. The van der Waals surface area contributed by atoms with Crippen molar-refractivity contribution in [2.24, 2.45) is 0 Å². The first-order valence-corrected chi connectivity index (χ1v) is 6.26. The maximum absolute atomic E-state index is 4.33. The molecule has 0 bridgehead atoms. The average molecular weight is 249 g/mol. The van der Waals surface area contributed by atoms with E-state index < -0.39 is 0 Å². The zero-order valence-electron chi connectivity index (χ0n) is 10.1. The van der Waals surface area contributed by atoms with E-state index in [1.54, 1.807) is 18.6 Å². The zero-order chi connectivity index (χ0) is 12.3. The Hall–Kier alpha value is -1.40. The van der Waals surface area contributed by atoms with Crippen LogP contribution in [0.5, 0.6) is 0 Å². The van der Waals surface area contributed by atoms with Crippen LogP contribution in [0.25, 0.3) is 0 Å². The molecule has 2 aromatic heterocycles. The Morgan fingerprint density at radius 2 is 2.12 bits per heavy atom. The molecule has 0 fully saturated rings. The molecule has 1 unspecified atom stereocenters. The molecule has 0 aliphatic carbocycles. The molecule has 0 saturated carbocycles. The van der Waals surface area contributed by atoms with E-state index in [-0.39, 0.29) is 6.04 Å². The Morgan fingerprint density at radius 1 is 1.29 bits per heavy atom. The summed E-state index contributed by atoms with van der Waals surface area (Å²) in [5.41, 5.74) is 1.92. The summed E-state index contributed by atoms with van der Waals surface area (Å²) in [5.74, 6) is 0.358. The molecule has 2 rings (SSSR count). The molecule has 2 heterocycles. The third-order valence-corrected chi connectivity index (χ3v) is 3.32. The molecule has 0 aliphatic heterocycles. The van der Waals surface area contributed by atoms with Crippen molar-refractivity contribution in [2.45, 2.75) is 25.8 Å². The molecule has 0 saturated heterocycles. The molecular formula is C11H15N5S. The fourth-order valence-corrected chi connectivity index (χ4v) is 2.61. The van der Waals surface area contributed by atoms with E-state index in [0.717, 1.165) is 16.3 Å². The molecular weight excluding hydrogens is 234 g/mol. The van der Waals surface area contributed by atoms with Crippen LogP contribution in [-0.2, 0) is 0 Å². The summed E-state index contributed by atoms with van der Waals surface area (Å²) in [6.45, 7) is 4.23. The van der Waals surface area contributed by atoms with Gasteiger partial charge in [0.25, 0.3) is 0 Å². The standard InChI is InChI=1S/C11H15N5S/c1-7(2)9-11(17-16-15-9)10(12-3)8-6-13-4-5-14-8/h4-7,10,12H,1-3H3. The van der Waals surface area contributed by atoms with Crippen molar-refractivity contribution in [1.82, 2.24) is 24.9 Å². The maximum atomic E-state index is 4.33. The van der Waals surface area contributed by atoms with E-state index in [0.29, 0.717) is 5.92 Å². The van der Waals surface area contributed by atoms with Crippen LogP contribution in [0.1, 0.15) is 42.1 Å². The Morgan fingerprint density at radius 3 is 2.71 bits per heavy atom. The predicted octanol–water partition coefficient (Wildman–Crippen LogP) is 1.76. The second-order valence-electron chi connectivity index (χ2n) is 4.03. The van der Waals surface area contributed by atoms with E-state index in [2.05, 4.69) is 38.7 Å².